The number of amides is 1. The Kier molecular flexibility index (Phi) is 8.95. The predicted molar refractivity (Wildman–Crippen MR) is 101 cm³/mol. The molecular weight excluding hydrogens is 381 g/mol. The fourth-order valence-corrected chi connectivity index (χ4v) is 4.29. The van der Waals surface area contributed by atoms with E-state index in [-0.39, 0.29) is 35.8 Å². The molecule has 0 spiro atoms. The van der Waals surface area contributed by atoms with Crippen LogP contribution < -0.4 is 5.73 Å². The second-order valence-electron chi connectivity index (χ2n) is 6.36. The van der Waals surface area contributed by atoms with E-state index < -0.39 is 15.8 Å². The quantitative estimate of drug-likeness (QED) is 0.749. The van der Waals surface area contributed by atoms with Crippen molar-refractivity contribution in [1.82, 2.24) is 9.21 Å². The lowest BCUT2D eigenvalue weighted by molar-refractivity contribution is -0.134. The van der Waals surface area contributed by atoms with E-state index in [0.717, 1.165) is 37.9 Å². The number of halogens is 2. The predicted octanol–water partition coefficient (Wildman–Crippen LogP) is 1.99. The molecule has 1 aromatic carbocycles. The number of nitrogens with zero attached hydrogens (tertiary/aromatic N) is 2. The van der Waals surface area contributed by atoms with Crippen molar-refractivity contribution in [3.63, 3.8) is 0 Å². The molecule has 0 radical (unpaired) electrons. The summed E-state index contributed by atoms with van der Waals surface area (Å²) in [6.45, 7) is 1.42. The number of carbonyl (C=O) groups excluding carboxylic acids is 1. The largest absolute Gasteiger partial charge is 0.338 e. The van der Waals surface area contributed by atoms with Crippen molar-refractivity contribution < 1.29 is 17.6 Å². The van der Waals surface area contributed by atoms with Gasteiger partial charge < -0.3 is 10.6 Å². The summed E-state index contributed by atoms with van der Waals surface area (Å²) in [5.41, 5.74) is 5.73. The number of sulfonamides is 1. The van der Waals surface area contributed by atoms with Gasteiger partial charge in [-0.25, -0.2) is 17.1 Å². The number of hydrogen-bond donors (Lipinski definition) is 1. The third-order valence-electron chi connectivity index (χ3n) is 4.61. The van der Waals surface area contributed by atoms with Gasteiger partial charge in [0, 0.05) is 39.1 Å². The highest BCUT2D eigenvalue weighted by Gasteiger charge is 2.26. The van der Waals surface area contributed by atoms with Crippen LogP contribution >= 0.6 is 12.4 Å². The van der Waals surface area contributed by atoms with E-state index in [1.165, 1.54) is 23.5 Å². The van der Waals surface area contributed by atoms with Gasteiger partial charge in [0.1, 0.15) is 5.82 Å². The maximum Gasteiger partial charge on any atom is 0.242 e. The minimum absolute atomic E-state index is 0. The summed E-state index contributed by atoms with van der Waals surface area (Å²) >= 11 is 0. The van der Waals surface area contributed by atoms with Crippen LogP contribution in [0.1, 0.15) is 32.1 Å². The maximum atomic E-state index is 12.9. The van der Waals surface area contributed by atoms with Gasteiger partial charge in [0.05, 0.1) is 4.90 Å². The number of nitrogens with two attached hydrogens (primary N) is 1. The van der Waals surface area contributed by atoms with Gasteiger partial charge in [-0.15, -0.1) is 12.4 Å². The fourth-order valence-electron chi connectivity index (χ4n) is 3.08. The van der Waals surface area contributed by atoms with Gasteiger partial charge in [0.15, 0.2) is 0 Å². The van der Waals surface area contributed by atoms with E-state index in [0.29, 0.717) is 19.4 Å². The Hall–Kier alpha value is -1.22. The van der Waals surface area contributed by atoms with Gasteiger partial charge >= 0.3 is 0 Å². The summed E-state index contributed by atoms with van der Waals surface area (Å²) < 4.78 is 39.0. The summed E-state index contributed by atoms with van der Waals surface area (Å²) in [5, 5.41) is 0. The molecule has 9 heteroatoms. The average molecular weight is 408 g/mol. The molecular formula is C17H27ClFN3O3S. The van der Waals surface area contributed by atoms with Crippen molar-refractivity contribution in [1.29, 1.82) is 0 Å². The van der Waals surface area contributed by atoms with E-state index >= 15 is 0 Å². The number of benzene rings is 1. The molecule has 0 saturated carbocycles. The normalized spacial score (nSPS) is 17.8. The minimum atomic E-state index is -3.67. The summed E-state index contributed by atoms with van der Waals surface area (Å²) in [7, 11) is -2.21. The fraction of sp³-hybridized carbons (Fsp3) is 0.588. The number of carbonyl (C=O) groups is 1. The smallest absolute Gasteiger partial charge is 0.242 e. The molecule has 1 heterocycles. The first-order chi connectivity index (χ1) is 11.9. The molecule has 148 valence electrons. The number of piperidine rings is 1. The van der Waals surface area contributed by atoms with Gasteiger partial charge in [-0.3, -0.25) is 4.79 Å². The van der Waals surface area contributed by atoms with Gasteiger partial charge in [-0.2, -0.15) is 0 Å². The number of rotatable bonds is 7. The highest BCUT2D eigenvalue weighted by molar-refractivity contribution is 7.89. The van der Waals surface area contributed by atoms with Crippen LogP contribution in [0.5, 0.6) is 0 Å². The zero-order valence-electron chi connectivity index (χ0n) is 14.9. The van der Waals surface area contributed by atoms with Gasteiger partial charge in [-0.1, -0.05) is 0 Å². The number of likely N-dealkylation sites (tertiary alicyclic amines) is 1. The molecule has 1 saturated heterocycles. The Morgan fingerprint density at radius 1 is 1.31 bits per heavy atom. The van der Waals surface area contributed by atoms with E-state index in [1.807, 2.05) is 4.90 Å². The van der Waals surface area contributed by atoms with Crippen molar-refractivity contribution in [2.75, 3.05) is 26.7 Å². The summed E-state index contributed by atoms with van der Waals surface area (Å²) in [4.78, 5) is 14.2. The van der Waals surface area contributed by atoms with Crippen LogP contribution in [0.15, 0.2) is 29.2 Å². The lowest BCUT2D eigenvalue weighted by Crippen LogP contribution is -2.47. The first-order valence-electron chi connectivity index (χ1n) is 8.57. The topological polar surface area (TPSA) is 83.7 Å². The van der Waals surface area contributed by atoms with Gasteiger partial charge in [0.2, 0.25) is 15.9 Å². The Bertz CT molecular complexity index is 685. The lowest BCUT2D eigenvalue weighted by Gasteiger charge is -2.35. The van der Waals surface area contributed by atoms with Crippen LogP contribution in [0.3, 0.4) is 0 Å². The van der Waals surface area contributed by atoms with Crippen LogP contribution in [0.25, 0.3) is 0 Å². The zero-order chi connectivity index (χ0) is 18.4. The van der Waals surface area contributed by atoms with Crippen LogP contribution in [-0.4, -0.2) is 56.3 Å². The van der Waals surface area contributed by atoms with Gasteiger partial charge in [-0.05, 0) is 49.9 Å². The molecule has 0 aromatic heterocycles. The Morgan fingerprint density at radius 3 is 2.58 bits per heavy atom. The second kappa shape index (κ2) is 10.2. The Balaban J connectivity index is 0.00000338. The summed E-state index contributed by atoms with van der Waals surface area (Å²) in [6.07, 6.45) is 3.73. The van der Waals surface area contributed by atoms with Crippen molar-refractivity contribution in [2.45, 2.75) is 43.0 Å². The number of hydrogen-bond acceptors (Lipinski definition) is 4. The molecule has 1 aliphatic heterocycles. The van der Waals surface area contributed by atoms with Crippen LogP contribution in [-0.2, 0) is 14.8 Å². The lowest BCUT2D eigenvalue weighted by atomic mass is 10.0. The monoisotopic (exact) mass is 407 g/mol. The molecule has 2 rings (SSSR count). The molecule has 1 atom stereocenters. The molecule has 6 nitrogen and oxygen atoms in total. The van der Waals surface area contributed by atoms with Crippen LogP contribution in [0.4, 0.5) is 4.39 Å². The summed E-state index contributed by atoms with van der Waals surface area (Å²) in [6, 6.07) is 4.82. The molecule has 0 bridgehead atoms. The Labute approximate surface area is 161 Å². The first kappa shape index (κ1) is 22.8. The van der Waals surface area contributed by atoms with Crippen LogP contribution in [0.2, 0.25) is 0 Å². The van der Waals surface area contributed by atoms with Crippen LogP contribution in [0, 0.1) is 5.82 Å². The van der Waals surface area contributed by atoms with Crippen molar-refractivity contribution in [2.24, 2.45) is 5.73 Å². The zero-order valence-corrected chi connectivity index (χ0v) is 16.6. The minimum Gasteiger partial charge on any atom is -0.338 e. The molecule has 1 unspecified atom stereocenters. The standard InChI is InChI=1S/C17H26FN3O3S.ClH/c1-20(25(23,24)16-9-7-14(18)8-10-16)11-4-6-17(22)21-12-3-2-5-15(21)13-19;/h7-10,15H,2-6,11-13,19H2,1H3;1H. The van der Waals surface area contributed by atoms with E-state index in [1.54, 1.807) is 0 Å². The third-order valence-corrected chi connectivity index (χ3v) is 6.48. The van der Waals surface area contributed by atoms with Crippen molar-refractivity contribution in [3.05, 3.63) is 30.1 Å². The van der Waals surface area contributed by atoms with Gasteiger partial charge in [0.25, 0.3) is 0 Å². The first-order valence-corrected chi connectivity index (χ1v) is 10.0. The molecule has 1 aliphatic rings. The highest BCUT2D eigenvalue weighted by Crippen LogP contribution is 2.19. The summed E-state index contributed by atoms with van der Waals surface area (Å²) in [5.74, 6) is -0.453. The average Bonchev–Trinajstić information content (AvgIpc) is 2.61. The van der Waals surface area contributed by atoms with Crippen molar-refractivity contribution >= 4 is 28.3 Å². The van der Waals surface area contributed by atoms with E-state index in [2.05, 4.69) is 0 Å². The van der Waals surface area contributed by atoms with Crippen molar-refractivity contribution in [3.8, 4) is 0 Å². The molecule has 26 heavy (non-hydrogen) atoms. The molecule has 1 amide bonds. The molecule has 1 fully saturated rings. The van der Waals surface area contributed by atoms with E-state index in [9.17, 15) is 17.6 Å². The van der Waals surface area contributed by atoms with E-state index in [4.69, 9.17) is 5.73 Å². The maximum absolute atomic E-state index is 12.9. The Morgan fingerprint density at radius 2 is 1.96 bits per heavy atom. The molecule has 0 aliphatic carbocycles. The molecule has 1 aromatic rings. The third kappa shape index (κ3) is 5.64. The molecule has 2 N–H and O–H groups in total. The SMILES string of the molecule is CN(CCCC(=O)N1CCCCC1CN)S(=O)(=O)c1ccc(F)cc1.Cl. The highest BCUT2D eigenvalue weighted by atomic mass is 35.5. The second-order valence-corrected chi connectivity index (χ2v) is 8.40.